The average Bonchev–Trinajstić information content (AvgIpc) is 2.98. The molecule has 1 aliphatic rings. The summed E-state index contributed by atoms with van der Waals surface area (Å²) in [6, 6.07) is 22.6. The van der Waals surface area contributed by atoms with E-state index in [9.17, 15) is 9.59 Å². The number of fused-ring (bicyclic) bond motifs is 7. The number of carbonyl (C=O) groups is 2. The lowest BCUT2D eigenvalue weighted by Crippen LogP contribution is -2.18. The maximum absolute atomic E-state index is 13.2. The van der Waals surface area contributed by atoms with Crippen LogP contribution in [0, 0.1) is 0 Å². The number of ketones is 1. The molecule has 0 saturated heterocycles. The molecule has 3 aromatic carbocycles. The smallest absolute Gasteiger partial charge is 0.255 e. The second-order valence-corrected chi connectivity index (χ2v) is 10.1. The second-order valence-electron chi connectivity index (χ2n) is 10.1. The van der Waals surface area contributed by atoms with Gasteiger partial charge in [-0.3, -0.25) is 14.5 Å². The molecule has 0 spiro atoms. The molecule has 0 radical (unpaired) electrons. The second kappa shape index (κ2) is 13.5. The Morgan fingerprint density at radius 1 is 1.07 bits per heavy atom. The van der Waals surface area contributed by atoms with E-state index < -0.39 is 0 Å². The minimum absolute atomic E-state index is 0.0977. The molecule has 0 saturated carbocycles. The molecule has 0 aliphatic carbocycles. The van der Waals surface area contributed by atoms with Crippen LogP contribution in [-0.4, -0.2) is 46.8 Å². The van der Waals surface area contributed by atoms with E-state index in [1.807, 2.05) is 61.6 Å². The number of rotatable bonds is 5. The Morgan fingerprint density at radius 2 is 1.95 bits per heavy atom. The van der Waals surface area contributed by atoms with Crippen molar-refractivity contribution in [1.29, 1.82) is 0 Å². The van der Waals surface area contributed by atoms with E-state index in [4.69, 9.17) is 9.72 Å². The van der Waals surface area contributed by atoms with Gasteiger partial charge in [-0.1, -0.05) is 43.0 Å². The van der Waals surface area contributed by atoms with Crippen LogP contribution >= 0.6 is 0 Å². The zero-order valence-electron chi connectivity index (χ0n) is 23.5. The third-order valence-corrected chi connectivity index (χ3v) is 6.68. The first-order valence-corrected chi connectivity index (χ1v) is 13.8. The summed E-state index contributed by atoms with van der Waals surface area (Å²) < 4.78 is 5.95. The number of benzene rings is 3. The van der Waals surface area contributed by atoms with Gasteiger partial charge >= 0.3 is 0 Å². The van der Waals surface area contributed by atoms with Gasteiger partial charge in [0.25, 0.3) is 5.91 Å². The van der Waals surface area contributed by atoms with Crippen molar-refractivity contribution in [2.24, 2.45) is 0 Å². The van der Waals surface area contributed by atoms with Crippen LogP contribution in [0.3, 0.4) is 0 Å². The third-order valence-electron chi connectivity index (χ3n) is 6.68. The highest BCUT2D eigenvalue weighted by Gasteiger charge is 2.12. The molecular formula is C34H33N5O3. The highest BCUT2D eigenvalue weighted by atomic mass is 16.5. The van der Waals surface area contributed by atoms with E-state index in [1.165, 1.54) is 6.08 Å². The van der Waals surface area contributed by atoms with Crippen LogP contribution in [0.5, 0.6) is 5.75 Å². The van der Waals surface area contributed by atoms with Gasteiger partial charge in [0.05, 0.1) is 12.3 Å². The number of nitrogens with zero attached hydrogens (tertiary/aromatic N) is 3. The average molecular weight is 560 g/mol. The third kappa shape index (κ3) is 7.77. The zero-order chi connectivity index (χ0) is 29.3. The number of likely N-dealkylation sites (N-methyl/N-ethyl adjacent to an activating group) is 1. The summed E-state index contributed by atoms with van der Waals surface area (Å²) in [5, 5.41) is 6.34. The van der Waals surface area contributed by atoms with Crippen molar-refractivity contribution in [1.82, 2.24) is 14.9 Å². The Kier molecular flexibility index (Phi) is 9.16. The molecule has 42 heavy (non-hydrogen) atoms. The Morgan fingerprint density at radius 3 is 2.83 bits per heavy atom. The van der Waals surface area contributed by atoms with Gasteiger partial charge in [0.1, 0.15) is 5.75 Å². The van der Waals surface area contributed by atoms with E-state index in [0.717, 1.165) is 46.8 Å². The van der Waals surface area contributed by atoms with Crippen LogP contribution in [0.1, 0.15) is 27.9 Å². The maximum atomic E-state index is 13.2. The number of hydrogen-bond donors (Lipinski definition) is 2. The number of amides is 1. The molecule has 6 bridgehead atoms. The van der Waals surface area contributed by atoms with Crippen LogP contribution in [-0.2, 0) is 17.8 Å². The number of hydrogen-bond acceptors (Lipinski definition) is 7. The molecule has 2 heterocycles. The number of nitrogens with one attached hydrogen (secondary N) is 2. The molecule has 2 N–H and O–H groups in total. The predicted molar refractivity (Wildman–Crippen MR) is 166 cm³/mol. The highest BCUT2D eigenvalue weighted by molar-refractivity contribution is 6.05. The molecule has 8 heteroatoms. The Labute approximate surface area is 245 Å². The first-order chi connectivity index (χ1) is 20.4. The van der Waals surface area contributed by atoms with E-state index >= 15 is 0 Å². The van der Waals surface area contributed by atoms with Crippen molar-refractivity contribution in [2.45, 2.75) is 19.4 Å². The molecule has 0 unspecified atom stereocenters. The topological polar surface area (TPSA) is 96.5 Å². The summed E-state index contributed by atoms with van der Waals surface area (Å²) in [5.74, 6) is 0.861. The van der Waals surface area contributed by atoms with Crippen molar-refractivity contribution < 1.29 is 14.3 Å². The molecule has 212 valence electrons. The van der Waals surface area contributed by atoms with Crippen LogP contribution in [0.25, 0.3) is 11.3 Å². The fraction of sp³-hybridized carbons (Fsp3) is 0.176. The van der Waals surface area contributed by atoms with Gasteiger partial charge in [-0.15, -0.1) is 0 Å². The van der Waals surface area contributed by atoms with Crippen molar-refractivity contribution in [3.8, 4) is 17.0 Å². The molecular weight excluding hydrogens is 526 g/mol. The largest absolute Gasteiger partial charge is 0.493 e. The van der Waals surface area contributed by atoms with Crippen molar-refractivity contribution in [2.75, 3.05) is 30.8 Å². The lowest BCUT2D eigenvalue weighted by Gasteiger charge is -2.17. The minimum Gasteiger partial charge on any atom is -0.493 e. The van der Waals surface area contributed by atoms with Crippen LogP contribution in [0.15, 0.2) is 104 Å². The molecule has 5 rings (SSSR count). The van der Waals surface area contributed by atoms with Crippen LogP contribution in [0.2, 0.25) is 0 Å². The van der Waals surface area contributed by atoms with Gasteiger partial charge < -0.3 is 15.4 Å². The van der Waals surface area contributed by atoms with Crippen LogP contribution in [0.4, 0.5) is 17.3 Å². The summed E-state index contributed by atoms with van der Waals surface area (Å²) in [6.45, 7) is 5.53. The standard InChI is InChI=1S/C34H33N5O3/c1-3-30(40)20-24-9-7-11-27(17-24)33(41)36-28-18-25-19-29(22-28)37-34-35-14-13-32(38-34)26-10-8-12-31(21-26)42-16-6-4-5-15-39(2)23-25/h3-5,7-14,17-19,21-22H,1,6,15-16,20,23H2,2H3,(H,36,41)(H,35,37,38)/b5-4+. The monoisotopic (exact) mass is 559 g/mol. The van der Waals surface area contributed by atoms with Crippen molar-refractivity contribution >= 4 is 29.0 Å². The normalized spacial score (nSPS) is 14.3. The molecule has 1 aromatic heterocycles. The van der Waals surface area contributed by atoms with E-state index in [2.05, 4.69) is 39.2 Å². The highest BCUT2D eigenvalue weighted by Crippen LogP contribution is 2.26. The molecule has 0 atom stereocenters. The molecule has 8 nitrogen and oxygen atoms in total. The lowest BCUT2D eigenvalue weighted by atomic mass is 10.1. The van der Waals surface area contributed by atoms with E-state index in [-0.39, 0.29) is 18.1 Å². The molecule has 0 fully saturated rings. The zero-order valence-corrected chi connectivity index (χ0v) is 23.5. The fourth-order valence-corrected chi connectivity index (χ4v) is 4.67. The SMILES string of the molecule is C=CC(=O)Cc1cccc(C(=O)Nc2cc3cc(c2)Nc2nccc(n2)-c2cccc(c2)OCC/C=C/CN(C)C3)c1. The first-order valence-electron chi connectivity index (χ1n) is 13.8. The number of allylic oxidation sites excluding steroid dienone is 1. The van der Waals surface area contributed by atoms with Crippen molar-refractivity contribution in [3.63, 3.8) is 0 Å². The summed E-state index contributed by atoms with van der Waals surface area (Å²) in [7, 11) is 2.05. The van der Waals surface area contributed by atoms with Gasteiger partial charge in [0.2, 0.25) is 5.95 Å². The van der Waals surface area contributed by atoms with E-state index in [0.29, 0.717) is 30.4 Å². The quantitative estimate of drug-likeness (QED) is 0.222. The molecule has 1 aliphatic heterocycles. The van der Waals surface area contributed by atoms with Gasteiger partial charge in [0, 0.05) is 48.2 Å². The summed E-state index contributed by atoms with van der Waals surface area (Å²) in [6.07, 6.45) is 8.27. The Bertz CT molecular complexity index is 1630. The number of anilines is 3. The maximum Gasteiger partial charge on any atom is 0.255 e. The van der Waals surface area contributed by atoms with Gasteiger partial charge in [-0.05, 0) is 79.2 Å². The van der Waals surface area contributed by atoms with Gasteiger partial charge in [-0.2, -0.15) is 0 Å². The number of aromatic nitrogens is 2. The molecule has 4 aromatic rings. The number of carbonyl (C=O) groups excluding carboxylic acids is 2. The summed E-state index contributed by atoms with van der Waals surface area (Å²) in [4.78, 5) is 36.4. The fourth-order valence-electron chi connectivity index (χ4n) is 4.67. The van der Waals surface area contributed by atoms with E-state index in [1.54, 1.807) is 24.4 Å². The first kappa shape index (κ1) is 28.4. The lowest BCUT2D eigenvalue weighted by molar-refractivity contribution is -0.114. The van der Waals surface area contributed by atoms with Crippen LogP contribution < -0.4 is 15.4 Å². The minimum atomic E-state index is -0.267. The Hall–Kier alpha value is -5.08. The summed E-state index contributed by atoms with van der Waals surface area (Å²) >= 11 is 0. The molecule has 1 amide bonds. The van der Waals surface area contributed by atoms with Crippen molar-refractivity contribution in [3.05, 3.63) is 120 Å². The Balaban J connectivity index is 1.45. The van der Waals surface area contributed by atoms with Gasteiger partial charge in [0.15, 0.2) is 5.78 Å². The predicted octanol–water partition coefficient (Wildman–Crippen LogP) is 6.21. The van der Waals surface area contributed by atoms with Gasteiger partial charge in [-0.25, -0.2) is 9.97 Å². The summed E-state index contributed by atoms with van der Waals surface area (Å²) in [5.41, 5.74) is 5.29. The number of ether oxygens (including phenoxy) is 1.